The van der Waals surface area contributed by atoms with Crippen LogP contribution in [0.15, 0.2) is 30.5 Å². The molecule has 136 valence electrons. The maximum absolute atomic E-state index is 12.9. The summed E-state index contributed by atoms with van der Waals surface area (Å²) >= 11 is 0. The number of nitrogens with one attached hydrogen (secondary N) is 1. The Morgan fingerprint density at radius 1 is 1.38 bits per heavy atom. The van der Waals surface area contributed by atoms with Crippen molar-refractivity contribution in [2.75, 3.05) is 26.2 Å². The third-order valence-corrected chi connectivity index (χ3v) is 5.08. The van der Waals surface area contributed by atoms with E-state index >= 15 is 0 Å². The summed E-state index contributed by atoms with van der Waals surface area (Å²) in [6.45, 7) is 5.68. The lowest BCUT2D eigenvalue weighted by molar-refractivity contribution is 0.0786. The first-order valence-electron chi connectivity index (χ1n) is 9.32. The van der Waals surface area contributed by atoms with E-state index in [-0.39, 0.29) is 11.8 Å². The second-order valence-electron chi connectivity index (χ2n) is 6.79. The summed E-state index contributed by atoms with van der Waals surface area (Å²) in [5.41, 5.74) is 2.98. The minimum Gasteiger partial charge on any atom is -0.493 e. The maximum atomic E-state index is 12.9. The van der Waals surface area contributed by atoms with E-state index in [0.29, 0.717) is 24.5 Å². The number of carbonyl (C=O) groups excluding carboxylic acids is 1. The lowest BCUT2D eigenvalue weighted by Gasteiger charge is -2.19. The summed E-state index contributed by atoms with van der Waals surface area (Å²) in [6, 6.07) is 7.46. The molecule has 6 nitrogen and oxygen atoms in total. The number of fused-ring (bicyclic) bond motifs is 1. The van der Waals surface area contributed by atoms with Gasteiger partial charge in [-0.15, -0.1) is 0 Å². The lowest BCUT2D eigenvalue weighted by Crippen LogP contribution is -2.29. The summed E-state index contributed by atoms with van der Waals surface area (Å²) in [6.07, 6.45) is 3.79. The zero-order chi connectivity index (χ0) is 17.9. The fourth-order valence-corrected chi connectivity index (χ4v) is 3.70. The lowest BCUT2D eigenvalue weighted by atomic mass is 10.1. The Hall–Kier alpha value is -2.47. The molecule has 2 aliphatic rings. The van der Waals surface area contributed by atoms with Gasteiger partial charge in [0, 0.05) is 56.0 Å². The Kier molecular flexibility index (Phi) is 4.84. The van der Waals surface area contributed by atoms with Crippen LogP contribution >= 0.6 is 0 Å². The molecule has 4 rings (SSSR count). The summed E-state index contributed by atoms with van der Waals surface area (Å²) in [5.74, 6) is 1.76. The Morgan fingerprint density at radius 2 is 2.27 bits per heavy atom. The summed E-state index contributed by atoms with van der Waals surface area (Å²) < 4.78 is 5.61. The average Bonchev–Trinajstić information content (AvgIpc) is 3.18. The minimum absolute atomic E-state index is 0.0266. The van der Waals surface area contributed by atoms with E-state index < -0.39 is 0 Å². The maximum Gasteiger partial charge on any atom is 0.257 e. The van der Waals surface area contributed by atoms with Gasteiger partial charge in [-0.2, -0.15) is 0 Å². The number of nitrogens with zero attached hydrogens (tertiary/aromatic N) is 3. The van der Waals surface area contributed by atoms with E-state index in [9.17, 15) is 4.79 Å². The number of likely N-dealkylation sites (tertiary alicyclic amines) is 1. The molecule has 2 aromatic rings. The van der Waals surface area contributed by atoms with Crippen LogP contribution < -0.4 is 10.1 Å². The zero-order valence-electron chi connectivity index (χ0n) is 15.1. The average molecular weight is 352 g/mol. The van der Waals surface area contributed by atoms with Crippen LogP contribution in [0.2, 0.25) is 0 Å². The Labute approximate surface area is 153 Å². The van der Waals surface area contributed by atoms with Crippen molar-refractivity contribution < 1.29 is 9.53 Å². The van der Waals surface area contributed by atoms with Crippen LogP contribution in [0.5, 0.6) is 5.75 Å². The van der Waals surface area contributed by atoms with Gasteiger partial charge in [0.1, 0.15) is 11.6 Å². The number of para-hydroxylation sites is 1. The molecule has 0 saturated carbocycles. The predicted octanol–water partition coefficient (Wildman–Crippen LogP) is 2.15. The van der Waals surface area contributed by atoms with Crippen LogP contribution in [0.1, 0.15) is 46.7 Å². The first-order valence-corrected chi connectivity index (χ1v) is 9.32. The highest BCUT2D eigenvalue weighted by Crippen LogP contribution is 2.29. The van der Waals surface area contributed by atoms with Crippen molar-refractivity contribution in [2.24, 2.45) is 0 Å². The second-order valence-corrected chi connectivity index (χ2v) is 6.79. The third-order valence-electron chi connectivity index (χ3n) is 5.08. The molecule has 0 bridgehead atoms. The quantitative estimate of drug-likeness (QED) is 0.913. The number of ether oxygens (including phenoxy) is 1. The summed E-state index contributed by atoms with van der Waals surface area (Å²) in [4.78, 5) is 24.2. The smallest absolute Gasteiger partial charge is 0.257 e. The van der Waals surface area contributed by atoms with Gasteiger partial charge in [-0.05, 0) is 25.5 Å². The number of rotatable bonds is 4. The van der Waals surface area contributed by atoms with Crippen molar-refractivity contribution in [1.29, 1.82) is 0 Å². The molecule has 1 atom stereocenters. The monoisotopic (exact) mass is 352 g/mol. The van der Waals surface area contributed by atoms with Crippen molar-refractivity contribution in [3.05, 3.63) is 53.1 Å². The molecular weight excluding hydrogens is 328 g/mol. The van der Waals surface area contributed by atoms with Crippen molar-refractivity contribution in [1.82, 2.24) is 20.2 Å². The molecule has 0 spiro atoms. The topological polar surface area (TPSA) is 67.3 Å². The molecule has 2 aliphatic heterocycles. The fraction of sp³-hybridized carbons (Fsp3) is 0.450. The molecule has 0 unspecified atom stereocenters. The molecule has 1 aromatic carbocycles. The summed E-state index contributed by atoms with van der Waals surface area (Å²) in [7, 11) is 0. The molecule has 1 aromatic heterocycles. The van der Waals surface area contributed by atoms with Crippen molar-refractivity contribution in [3.63, 3.8) is 0 Å². The standard InChI is InChI=1S/C20H24N4O2/c1-2-26-18-6-4-3-5-16(18)20(25)24-10-8-14(13-24)19-22-12-15-11-21-9-7-17(15)23-19/h3-6,12,14,21H,2,7-11,13H2,1H3/t14-/m0/s1. The number of hydrogen-bond acceptors (Lipinski definition) is 5. The highest BCUT2D eigenvalue weighted by molar-refractivity contribution is 5.97. The van der Waals surface area contributed by atoms with Crippen molar-refractivity contribution >= 4 is 5.91 Å². The van der Waals surface area contributed by atoms with Gasteiger partial charge < -0.3 is 15.0 Å². The van der Waals surface area contributed by atoms with E-state index in [4.69, 9.17) is 9.72 Å². The van der Waals surface area contributed by atoms with Crippen LogP contribution in [0, 0.1) is 0 Å². The molecule has 0 radical (unpaired) electrons. The molecule has 1 fully saturated rings. The third kappa shape index (κ3) is 3.29. The molecule has 0 aliphatic carbocycles. The first-order chi connectivity index (χ1) is 12.8. The van der Waals surface area contributed by atoms with Gasteiger partial charge >= 0.3 is 0 Å². The summed E-state index contributed by atoms with van der Waals surface area (Å²) in [5, 5.41) is 3.34. The van der Waals surface area contributed by atoms with Gasteiger partial charge in [0.05, 0.1) is 12.2 Å². The van der Waals surface area contributed by atoms with Crippen LogP contribution in [0.25, 0.3) is 0 Å². The number of aromatic nitrogens is 2. The fourth-order valence-electron chi connectivity index (χ4n) is 3.70. The molecule has 6 heteroatoms. The van der Waals surface area contributed by atoms with Gasteiger partial charge in [0.15, 0.2) is 0 Å². The number of carbonyl (C=O) groups is 1. The van der Waals surface area contributed by atoms with Gasteiger partial charge in [0.2, 0.25) is 0 Å². The van der Waals surface area contributed by atoms with E-state index in [1.165, 1.54) is 5.56 Å². The predicted molar refractivity (Wildman–Crippen MR) is 98.3 cm³/mol. The number of benzene rings is 1. The number of amides is 1. The van der Waals surface area contributed by atoms with Crippen LogP contribution in [-0.4, -0.2) is 47.0 Å². The molecule has 1 N–H and O–H groups in total. The van der Waals surface area contributed by atoms with Gasteiger partial charge in [-0.25, -0.2) is 9.97 Å². The number of hydrogen-bond donors (Lipinski definition) is 1. The van der Waals surface area contributed by atoms with E-state index in [1.54, 1.807) is 0 Å². The van der Waals surface area contributed by atoms with Crippen molar-refractivity contribution in [2.45, 2.75) is 32.2 Å². The van der Waals surface area contributed by atoms with Crippen LogP contribution in [-0.2, 0) is 13.0 Å². The molecular formula is C20H24N4O2. The first kappa shape index (κ1) is 17.0. The van der Waals surface area contributed by atoms with Gasteiger partial charge in [-0.1, -0.05) is 12.1 Å². The highest BCUT2D eigenvalue weighted by atomic mass is 16.5. The minimum atomic E-state index is 0.0266. The molecule has 3 heterocycles. The zero-order valence-corrected chi connectivity index (χ0v) is 15.1. The Morgan fingerprint density at radius 3 is 3.15 bits per heavy atom. The van der Waals surface area contributed by atoms with Gasteiger partial charge in [-0.3, -0.25) is 4.79 Å². The van der Waals surface area contributed by atoms with Crippen LogP contribution in [0.4, 0.5) is 0 Å². The largest absolute Gasteiger partial charge is 0.493 e. The molecule has 26 heavy (non-hydrogen) atoms. The second kappa shape index (κ2) is 7.41. The highest BCUT2D eigenvalue weighted by Gasteiger charge is 2.31. The SMILES string of the molecule is CCOc1ccccc1C(=O)N1CC[C@H](c2ncc3c(n2)CCNC3)C1. The van der Waals surface area contributed by atoms with Crippen molar-refractivity contribution in [3.8, 4) is 5.75 Å². The Balaban J connectivity index is 1.49. The molecule has 1 amide bonds. The van der Waals surface area contributed by atoms with E-state index in [0.717, 1.165) is 44.0 Å². The normalized spacial score (nSPS) is 19.3. The Bertz CT molecular complexity index is 808. The van der Waals surface area contributed by atoms with E-state index in [1.807, 2.05) is 42.3 Å². The van der Waals surface area contributed by atoms with Gasteiger partial charge in [0.25, 0.3) is 5.91 Å². The van der Waals surface area contributed by atoms with E-state index in [2.05, 4.69) is 10.3 Å². The van der Waals surface area contributed by atoms with Crippen LogP contribution in [0.3, 0.4) is 0 Å². The molecule has 1 saturated heterocycles.